The third-order valence-corrected chi connectivity index (χ3v) is 9.00. The number of nitrogens with zero attached hydrogens (tertiary/aromatic N) is 3. The van der Waals surface area contributed by atoms with Crippen LogP contribution in [-0.2, 0) is 14.3 Å². The van der Waals surface area contributed by atoms with Gasteiger partial charge in [-0.1, -0.05) is 30.3 Å². The van der Waals surface area contributed by atoms with Crippen LogP contribution in [0.5, 0.6) is 11.5 Å². The standard InChI is InChI=1S/C37H39N5O5/c1-22-18-40-31(17-32(22)43)30-15-28(37(39)44)21-42(20-23-10-12-47-13-11-23)35(30)25-6-4-24(5-7-25)29-14-27(19-41-36(29)38)26-8-9-33(45-2)34(16-26)46-3/h4-9,14,16,18-19,21,23H,10-13,15,17,20H2,1-3H3,(H2,38,41)(H2,39,44). The van der Waals surface area contributed by atoms with Crippen LogP contribution in [0.2, 0.25) is 0 Å². The van der Waals surface area contributed by atoms with E-state index in [1.165, 1.54) is 0 Å². The van der Waals surface area contributed by atoms with E-state index in [1.807, 2.05) is 54.7 Å². The molecular weight excluding hydrogens is 594 g/mol. The van der Waals surface area contributed by atoms with Gasteiger partial charge in [0, 0.05) is 72.6 Å². The number of primary amides is 1. The second-order valence-corrected chi connectivity index (χ2v) is 12.0. The minimum atomic E-state index is -0.485. The summed E-state index contributed by atoms with van der Waals surface area (Å²) in [6, 6.07) is 15.9. The molecule has 3 aliphatic heterocycles. The number of Topliss-reactive ketones (excluding diaryl/α,β-unsaturated/α-hetero) is 1. The number of rotatable bonds is 9. The van der Waals surface area contributed by atoms with Crippen molar-refractivity contribution in [2.75, 3.05) is 39.7 Å². The van der Waals surface area contributed by atoms with Crippen LogP contribution < -0.4 is 20.9 Å². The number of benzene rings is 2. The minimum absolute atomic E-state index is 0.0145. The molecule has 0 radical (unpaired) electrons. The third kappa shape index (κ3) is 6.69. The molecule has 0 aliphatic carbocycles. The molecule has 0 spiro atoms. The van der Waals surface area contributed by atoms with Crippen LogP contribution in [0, 0.1) is 5.92 Å². The van der Waals surface area contributed by atoms with E-state index in [4.69, 9.17) is 25.7 Å². The zero-order valence-electron chi connectivity index (χ0n) is 26.9. The molecule has 1 saturated heterocycles. The number of hydrogen-bond acceptors (Lipinski definition) is 9. The summed E-state index contributed by atoms with van der Waals surface area (Å²) < 4.78 is 16.5. The van der Waals surface area contributed by atoms with E-state index in [9.17, 15) is 9.59 Å². The molecule has 0 saturated carbocycles. The number of nitrogen functional groups attached to an aromatic ring is 1. The highest BCUT2D eigenvalue weighted by atomic mass is 16.5. The largest absolute Gasteiger partial charge is 0.493 e. The number of ketones is 1. The molecular formula is C37H39N5O5. The molecule has 1 aromatic heterocycles. The van der Waals surface area contributed by atoms with Gasteiger partial charge in [-0.15, -0.1) is 0 Å². The molecule has 242 valence electrons. The molecule has 47 heavy (non-hydrogen) atoms. The number of aliphatic imine (C=N–C) groups is 1. The van der Waals surface area contributed by atoms with E-state index in [0.717, 1.165) is 51.9 Å². The van der Waals surface area contributed by atoms with Crippen molar-refractivity contribution in [2.45, 2.75) is 32.6 Å². The fourth-order valence-electron chi connectivity index (χ4n) is 6.28. The zero-order chi connectivity index (χ0) is 33.1. The van der Waals surface area contributed by atoms with Gasteiger partial charge >= 0.3 is 0 Å². The lowest BCUT2D eigenvalue weighted by Crippen LogP contribution is -2.34. The van der Waals surface area contributed by atoms with Gasteiger partial charge in [-0.2, -0.15) is 0 Å². The van der Waals surface area contributed by atoms with E-state index in [-0.39, 0.29) is 12.2 Å². The van der Waals surface area contributed by atoms with E-state index in [1.54, 1.807) is 33.5 Å². The molecule has 4 N–H and O–H groups in total. The molecule has 3 aliphatic rings. The first-order valence-electron chi connectivity index (χ1n) is 15.7. The fraction of sp³-hybridized carbons (Fsp3) is 0.297. The molecule has 0 unspecified atom stereocenters. The van der Waals surface area contributed by atoms with Crippen molar-refractivity contribution < 1.29 is 23.8 Å². The van der Waals surface area contributed by atoms with Crippen molar-refractivity contribution in [3.63, 3.8) is 0 Å². The SMILES string of the molecule is COc1ccc(-c2cnc(N)c(-c3ccc(C4=C(C5=NC=C(C)C(=O)C5)CC(C(N)=O)=CN4CC4CCOCC4)cc3)c2)cc1OC. The Morgan fingerprint density at radius 1 is 0.957 bits per heavy atom. The Bertz CT molecular complexity index is 1830. The fourth-order valence-corrected chi connectivity index (χ4v) is 6.28. The highest BCUT2D eigenvalue weighted by Gasteiger charge is 2.31. The number of methoxy groups -OCH3 is 2. The van der Waals surface area contributed by atoms with Gasteiger partial charge in [-0.3, -0.25) is 14.6 Å². The smallest absolute Gasteiger partial charge is 0.246 e. The van der Waals surface area contributed by atoms with E-state index in [2.05, 4.69) is 14.9 Å². The first kappa shape index (κ1) is 31.7. The Morgan fingerprint density at radius 3 is 2.34 bits per heavy atom. The van der Waals surface area contributed by atoms with Crippen molar-refractivity contribution in [3.8, 4) is 33.8 Å². The van der Waals surface area contributed by atoms with E-state index < -0.39 is 5.91 Å². The number of ether oxygens (including phenoxy) is 3. The highest BCUT2D eigenvalue weighted by Crippen LogP contribution is 2.39. The summed E-state index contributed by atoms with van der Waals surface area (Å²) in [5, 5.41) is 0. The molecule has 2 aromatic carbocycles. The number of aromatic nitrogens is 1. The van der Waals surface area contributed by atoms with Crippen molar-refractivity contribution >= 4 is 28.9 Å². The van der Waals surface area contributed by atoms with Crippen LogP contribution in [0.3, 0.4) is 0 Å². The van der Waals surface area contributed by atoms with Gasteiger partial charge in [0.25, 0.3) is 0 Å². The number of allylic oxidation sites excluding steroid dienone is 2. The molecule has 6 rings (SSSR count). The normalized spacial score (nSPS) is 17.2. The summed E-state index contributed by atoms with van der Waals surface area (Å²) in [5.74, 6) is 1.57. The van der Waals surface area contributed by atoms with Crippen molar-refractivity contribution in [1.29, 1.82) is 0 Å². The lowest BCUT2D eigenvalue weighted by Gasteiger charge is -2.36. The number of hydrogen-bond donors (Lipinski definition) is 2. The number of anilines is 1. The highest BCUT2D eigenvalue weighted by molar-refractivity contribution is 6.20. The summed E-state index contributed by atoms with van der Waals surface area (Å²) in [7, 11) is 3.21. The number of carbonyl (C=O) groups is 2. The topological polar surface area (TPSA) is 142 Å². The maximum absolute atomic E-state index is 12.8. The van der Waals surface area contributed by atoms with Crippen LogP contribution >= 0.6 is 0 Å². The van der Waals surface area contributed by atoms with Gasteiger partial charge in [0.1, 0.15) is 5.82 Å². The molecule has 1 fully saturated rings. The Balaban J connectivity index is 1.41. The van der Waals surface area contributed by atoms with Crippen LogP contribution in [-0.4, -0.2) is 61.3 Å². The van der Waals surface area contributed by atoms with Crippen LogP contribution in [0.4, 0.5) is 5.82 Å². The molecule has 10 heteroatoms. The molecule has 0 atom stereocenters. The van der Waals surface area contributed by atoms with Gasteiger partial charge in [-0.05, 0) is 60.6 Å². The molecule has 4 heterocycles. The molecule has 1 amide bonds. The summed E-state index contributed by atoms with van der Waals surface area (Å²) in [4.78, 5) is 36.7. The number of amides is 1. The maximum Gasteiger partial charge on any atom is 0.246 e. The quantitative estimate of drug-likeness (QED) is 0.313. The third-order valence-electron chi connectivity index (χ3n) is 9.00. The first-order chi connectivity index (χ1) is 22.7. The average molecular weight is 634 g/mol. The monoisotopic (exact) mass is 633 g/mol. The maximum atomic E-state index is 12.8. The van der Waals surface area contributed by atoms with Crippen LogP contribution in [0.1, 0.15) is 38.2 Å². The number of nitrogens with two attached hydrogens (primary N) is 2. The van der Waals surface area contributed by atoms with Crippen LogP contribution in [0.25, 0.3) is 28.0 Å². The van der Waals surface area contributed by atoms with E-state index in [0.29, 0.717) is 66.3 Å². The zero-order valence-corrected chi connectivity index (χ0v) is 26.9. The predicted octanol–water partition coefficient (Wildman–Crippen LogP) is 5.55. The van der Waals surface area contributed by atoms with Crippen LogP contribution in [0.15, 0.2) is 88.8 Å². The summed E-state index contributed by atoms with van der Waals surface area (Å²) in [5.41, 5.74) is 20.2. The second-order valence-electron chi connectivity index (χ2n) is 12.0. The van der Waals surface area contributed by atoms with Gasteiger partial charge in [0.2, 0.25) is 5.91 Å². The lowest BCUT2D eigenvalue weighted by molar-refractivity contribution is -0.115. The van der Waals surface area contributed by atoms with Crippen molar-refractivity contribution in [1.82, 2.24) is 9.88 Å². The van der Waals surface area contributed by atoms with Gasteiger partial charge in [0.05, 0.1) is 32.0 Å². The minimum Gasteiger partial charge on any atom is -0.493 e. The number of carbonyl (C=O) groups excluding carboxylic acids is 2. The number of pyridine rings is 1. The molecule has 3 aromatic rings. The molecule has 0 bridgehead atoms. The van der Waals surface area contributed by atoms with E-state index >= 15 is 0 Å². The lowest BCUT2D eigenvalue weighted by atomic mass is 9.87. The van der Waals surface area contributed by atoms with Gasteiger partial charge < -0.3 is 30.6 Å². The Hall–Kier alpha value is -5.22. The second kappa shape index (κ2) is 13.6. The van der Waals surface area contributed by atoms with Crippen molar-refractivity contribution in [2.24, 2.45) is 16.6 Å². The Labute approximate surface area is 274 Å². The Kier molecular flexibility index (Phi) is 9.22. The van der Waals surface area contributed by atoms with Gasteiger partial charge in [0.15, 0.2) is 17.3 Å². The summed E-state index contributed by atoms with van der Waals surface area (Å²) >= 11 is 0. The first-order valence-corrected chi connectivity index (χ1v) is 15.7. The summed E-state index contributed by atoms with van der Waals surface area (Å²) in [6.45, 7) is 3.86. The average Bonchev–Trinajstić information content (AvgIpc) is 3.09. The predicted molar refractivity (Wildman–Crippen MR) is 183 cm³/mol. The molecule has 10 nitrogen and oxygen atoms in total. The van der Waals surface area contributed by atoms with Gasteiger partial charge in [-0.25, -0.2) is 4.98 Å². The summed E-state index contributed by atoms with van der Waals surface area (Å²) in [6.07, 6.45) is 7.52. The Morgan fingerprint density at radius 2 is 1.66 bits per heavy atom. The van der Waals surface area contributed by atoms with Crippen molar-refractivity contribution in [3.05, 3.63) is 89.4 Å².